The quantitative estimate of drug-likeness (QED) is 0.592. The number of rotatable bonds is 8. The summed E-state index contributed by atoms with van der Waals surface area (Å²) in [6.07, 6.45) is 0. The Morgan fingerprint density at radius 3 is 2.07 bits per heavy atom. The molecule has 1 aliphatic rings. The minimum atomic E-state index is -3.73. The molecule has 1 aliphatic heterocycles. The number of sulfonamides is 2. The van der Waals surface area contributed by atoms with Gasteiger partial charge in [-0.2, -0.15) is 4.31 Å². The molecule has 164 valence electrons. The van der Waals surface area contributed by atoms with Crippen LogP contribution in [0.4, 0.5) is 0 Å². The van der Waals surface area contributed by atoms with E-state index in [1.807, 2.05) is 0 Å². The highest BCUT2D eigenvalue weighted by Crippen LogP contribution is 2.32. The van der Waals surface area contributed by atoms with Gasteiger partial charge in [0.2, 0.25) is 20.0 Å². The second kappa shape index (κ2) is 8.80. The van der Waals surface area contributed by atoms with Gasteiger partial charge < -0.3 is 14.2 Å². The third-order valence-corrected chi connectivity index (χ3v) is 8.18. The number of hydrogen-bond donors (Lipinski definition) is 0. The average Bonchev–Trinajstić information content (AvgIpc) is 2.73. The van der Waals surface area contributed by atoms with Gasteiger partial charge in [-0.1, -0.05) is 0 Å². The first kappa shape index (κ1) is 22.3. The van der Waals surface area contributed by atoms with Crippen molar-refractivity contribution in [2.75, 3.05) is 47.5 Å². The first-order valence-electron chi connectivity index (χ1n) is 9.14. The molecule has 9 nitrogen and oxygen atoms in total. The predicted molar refractivity (Wildman–Crippen MR) is 110 cm³/mol. The van der Waals surface area contributed by atoms with E-state index in [2.05, 4.69) is 0 Å². The third-order valence-electron chi connectivity index (χ3n) is 4.50. The van der Waals surface area contributed by atoms with Crippen molar-refractivity contribution in [3.63, 3.8) is 0 Å². The second-order valence-electron chi connectivity index (χ2n) is 6.74. The maximum Gasteiger partial charge on any atom is 0.243 e. The van der Waals surface area contributed by atoms with Crippen LogP contribution in [0.5, 0.6) is 17.2 Å². The van der Waals surface area contributed by atoms with E-state index in [1.165, 1.54) is 61.8 Å². The van der Waals surface area contributed by atoms with Crippen LogP contribution in [-0.4, -0.2) is 73.0 Å². The Labute approximate surface area is 176 Å². The highest BCUT2D eigenvalue weighted by molar-refractivity contribution is 7.89. The lowest BCUT2D eigenvalue weighted by Gasteiger charge is -2.21. The third kappa shape index (κ3) is 4.69. The summed E-state index contributed by atoms with van der Waals surface area (Å²) >= 11 is 0. The molecule has 0 N–H and O–H groups in total. The topological polar surface area (TPSA) is 102 Å². The number of nitrogens with zero attached hydrogens (tertiary/aromatic N) is 2. The Morgan fingerprint density at radius 2 is 1.43 bits per heavy atom. The lowest BCUT2D eigenvalue weighted by molar-refractivity contribution is 0.171. The Balaban J connectivity index is 1.61. The molecule has 0 fully saturated rings. The molecule has 0 radical (unpaired) electrons. The molecule has 0 bridgehead atoms. The van der Waals surface area contributed by atoms with Crippen LogP contribution in [0, 0.1) is 0 Å². The summed E-state index contributed by atoms with van der Waals surface area (Å²) in [5, 5.41) is 0. The summed E-state index contributed by atoms with van der Waals surface area (Å²) in [6.45, 7) is 1.00. The van der Waals surface area contributed by atoms with Gasteiger partial charge in [-0.05, 0) is 36.4 Å². The first-order valence-corrected chi connectivity index (χ1v) is 12.0. The molecule has 0 saturated heterocycles. The Bertz CT molecular complexity index is 1100. The second-order valence-corrected chi connectivity index (χ2v) is 10.9. The molecule has 0 atom stereocenters. The number of hydrogen-bond acceptors (Lipinski definition) is 7. The average molecular weight is 457 g/mol. The van der Waals surface area contributed by atoms with E-state index in [0.29, 0.717) is 30.5 Å². The highest BCUT2D eigenvalue weighted by atomic mass is 32.2. The van der Waals surface area contributed by atoms with E-state index >= 15 is 0 Å². The van der Waals surface area contributed by atoms with Crippen LogP contribution in [-0.2, 0) is 20.0 Å². The smallest absolute Gasteiger partial charge is 0.243 e. The molecule has 3 rings (SSSR count). The minimum Gasteiger partial charge on any atom is -0.492 e. The number of ether oxygens (including phenoxy) is 3. The highest BCUT2D eigenvalue weighted by Gasteiger charge is 2.24. The Kier molecular flexibility index (Phi) is 6.56. The van der Waals surface area contributed by atoms with Crippen LogP contribution in [0.1, 0.15) is 0 Å². The summed E-state index contributed by atoms with van der Waals surface area (Å²) < 4.78 is 68.5. The van der Waals surface area contributed by atoms with E-state index in [0.717, 1.165) is 4.31 Å². The van der Waals surface area contributed by atoms with Crippen LogP contribution < -0.4 is 14.2 Å². The summed E-state index contributed by atoms with van der Waals surface area (Å²) in [4.78, 5) is 0.255. The zero-order chi connectivity index (χ0) is 21.9. The molecule has 2 aromatic carbocycles. The van der Waals surface area contributed by atoms with Gasteiger partial charge in [0, 0.05) is 33.8 Å². The SMILES string of the molecule is CN(C)S(=O)(=O)c1ccc(OCCN(C)S(=O)(=O)c2ccc3c(c2)OCCO3)cc1. The van der Waals surface area contributed by atoms with E-state index in [4.69, 9.17) is 14.2 Å². The van der Waals surface area contributed by atoms with Gasteiger partial charge in [-0.3, -0.25) is 0 Å². The fraction of sp³-hybridized carbons (Fsp3) is 0.368. The fourth-order valence-corrected chi connectivity index (χ4v) is 4.77. The van der Waals surface area contributed by atoms with Gasteiger partial charge in [-0.15, -0.1) is 0 Å². The minimum absolute atomic E-state index is 0.0973. The van der Waals surface area contributed by atoms with Crippen LogP contribution >= 0.6 is 0 Å². The molecule has 0 saturated carbocycles. The summed E-state index contributed by atoms with van der Waals surface area (Å²) in [5.74, 6) is 1.36. The lowest BCUT2D eigenvalue weighted by Crippen LogP contribution is -2.31. The first-order chi connectivity index (χ1) is 14.1. The Hall–Kier alpha value is -2.34. The van der Waals surface area contributed by atoms with E-state index < -0.39 is 20.0 Å². The van der Waals surface area contributed by atoms with Crippen molar-refractivity contribution in [1.82, 2.24) is 8.61 Å². The predicted octanol–water partition coefficient (Wildman–Crippen LogP) is 1.41. The molecular formula is C19H24N2O7S2. The van der Waals surface area contributed by atoms with Crippen molar-refractivity contribution >= 4 is 20.0 Å². The van der Waals surface area contributed by atoms with Crippen LogP contribution in [0.2, 0.25) is 0 Å². The van der Waals surface area contributed by atoms with Crippen molar-refractivity contribution in [3.8, 4) is 17.2 Å². The number of fused-ring (bicyclic) bond motifs is 1. The van der Waals surface area contributed by atoms with E-state index in [-0.39, 0.29) is 22.9 Å². The van der Waals surface area contributed by atoms with Crippen molar-refractivity contribution in [2.45, 2.75) is 9.79 Å². The molecule has 0 unspecified atom stereocenters. The van der Waals surface area contributed by atoms with E-state index in [9.17, 15) is 16.8 Å². The summed E-state index contributed by atoms with van der Waals surface area (Å²) in [6, 6.07) is 10.5. The zero-order valence-corrected chi connectivity index (χ0v) is 18.6. The monoisotopic (exact) mass is 456 g/mol. The van der Waals surface area contributed by atoms with Crippen LogP contribution in [0.15, 0.2) is 52.3 Å². The molecule has 2 aromatic rings. The lowest BCUT2D eigenvalue weighted by atomic mass is 10.3. The maximum atomic E-state index is 12.8. The molecule has 0 aliphatic carbocycles. The van der Waals surface area contributed by atoms with Crippen molar-refractivity contribution < 1.29 is 31.0 Å². The largest absolute Gasteiger partial charge is 0.492 e. The van der Waals surface area contributed by atoms with Gasteiger partial charge in [0.1, 0.15) is 25.6 Å². The van der Waals surface area contributed by atoms with Gasteiger partial charge in [0.15, 0.2) is 11.5 Å². The molecule has 0 spiro atoms. The van der Waals surface area contributed by atoms with Crippen LogP contribution in [0.25, 0.3) is 0 Å². The van der Waals surface area contributed by atoms with E-state index in [1.54, 1.807) is 6.07 Å². The van der Waals surface area contributed by atoms with Crippen molar-refractivity contribution in [2.24, 2.45) is 0 Å². The van der Waals surface area contributed by atoms with Gasteiger partial charge in [0.25, 0.3) is 0 Å². The van der Waals surface area contributed by atoms with Crippen molar-refractivity contribution in [1.29, 1.82) is 0 Å². The molecule has 11 heteroatoms. The van der Waals surface area contributed by atoms with Gasteiger partial charge in [-0.25, -0.2) is 21.1 Å². The standard InChI is InChI=1S/C19H24N2O7S2/c1-20(2)29(22,23)16-6-4-15(5-7-16)26-11-10-21(3)30(24,25)17-8-9-18-19(14-17)28-13-12-27-18/h4-9,14H,10-13H2,1-3H3. The summed E-state index contributed by atoms with van der Waals surface area (Å²) in [7, 11) is -2.87. The Morgan fingerprint density at radius 1 is 0.833 bits per heavy atom. The molecule has 0 amide bonds. The molecule has 0 aromatic heterocycles. The van der Waals surface area contributed by atoms with Gasteiger partial charge >= 0.3 is 0 Å². The fourth-order valence-electron chi connectivity index (χ4n) is 2.69. The number of likely N-dealkylation sites (N-methyl/N-ethyl adjacent to an activating group) is 1. The van der Waals surface area contributed by atoms with Crippen LogP contribution in [0.3, 0.4) is 0 Å². The number of benzene rings is 2. The normalized spacial score (nSPS) is 14.2. The zero-order valence-electron chi connectivity index (χ0n) is 16.9. The molecular weight excluding hydrogens is 432 g/mol. The summed E-state index contributed by atoms with van der Waals surface area (Å²) in [5.41, 5.74) is 0. The molecule has 30 heavy (non-hydrogen) atoms. The maximum absolute atomic E-state index is 12.8. The van der Waals surface area contributed by atoms with Gasteiger partial charge in [0.05, 0.1) is 9.79 Å². The molecule has 1 heterocycles. The van der Waals surface area contributed by atoms with Crippen molar-refractivity contribution in [3.05, 3.63) is 42.5 Å².